The lowest BCUT2D eigenvalue weighted by atomic mass is 9.72. The standard InChI is InChI=1S/C19H31NO/c1-17(2,3)13-18(4,5)14-8-9-16-15(12-14)20-11-10-19(6,7)21-16/h8-9,12,20H,10-11,13H2,1-7H3. The van der Waals surface area contributed by atoms with Gasteiger partial charge in [0, 0.05) is 13.0 Å². The Labute approximate surface area is 130 Å². The van der Waals surface area contributed by atoms with Gasteiger partial charge in [-0.05, 0) is 48.8 Å². The van der Waals surface area contributed by atoms with Gasteiger partial charge in [0.05, 0.1) is 5.69 Å². The van der Waals surface area contributed by atoms with Gasteiger partial charge in [-0.2, -0.15) is 0 Å². The van der Waals surface area contributed by atoms with Crippen molar-refractivity contribution in [1.29, 1.82) is 0 Å². The molecule has 0 fully saturated rings. The summed E-state index contributed by atoms with van der Waals surface area (Å²) in [5, 5.41) is 3.53. The first kappa shape index (κ1) is 16.2. The van der Waals surface area contributed by atoms with Crippen LogP contribution in [0.5, 0.6) is 5.75 Å². The van der Waals surface area contributed by atoms with E-state index >= 15 is 0 Å². The summed E-state index contributed by atoms with van der Waals surface area (Å²) >= 11 is 0. The summed E-state index contributed by atoms with van der Waals surface area (Å²) in [6, 6.07) is 6.64. The molecule has 0 bridgehead atoms. The lowest BCUT2D eigenvalue weighted by molar-refractivity contribution is 0.108. The maximum atomic E-state index is 6.15. The zero-order chi connectivity index (χ0) is 15.9. The van der Waals surface area contributed by atoms with E-state index in [1.165, 1.54) is 5.56 Å². The van der Waals surface area contributed by atoms with Crippen molar-refractivity contribution in [3.8, 4) is 5.75 Å². The van der Waals surface area contributed by atoms with Crippen molar-refractivity contribution in [2.45, 2.75) is 72.3 Å². The number of nitrogens with one attached hydrogen (secondary N) is 1. The Morgan fingerprint density at radius 1 is 1.14 bits per heavy atom. The van der Waals surface area contributed by atoms with Crippen LogP contribution in [-0.4, -0.2) is 12.1 Å². The summed E-state index contributed by atoms with van der Waals surface area (Å²) in [6.07, 6.45) is 2.17. The Hall–Kier alpha value is -1.18. The predicted octanol–water partition coefficient (Wildman–Crippen LogP) is 5.37. The molecule has 2 rings (SSSR count). The smallest absolute Gasteiger partial charge is 0.143 e. The second kappa shape index (κ2) is 5.23. The molecule has 1 N–H and O–H groups in total. The third-order valence-corrected chi connectivity index (χ3v) is 4.16. The summed E-state index contributed by atoms with van der Waals surface area (Å²) in [4.78, 5) is 0. The number of benzene rings is 1. The molecule has 0 radical (unpaired) electrons. The van der Waals surface area contributed by atoms with Gasteiger partial charge in [0.1, 0.15) is 11.4 Å². The van der Waals surface area contributed by atoms with Crippen LogP contribution in [0.15, 0.2) is 18.2 Å². The van der Waals surface area contributed by atoms with Crippen LogP contribution in [0.1, 0.15) is 66.9 Å². The molecule has 1 aromatic rings. The van der Waals surface area contributed by atoms with Gasteiger partial charge in [-0.25, -0.2) is 0 Å². The van der Waals surface area contributed by atoms with Gasteiger partial charge < -0.3 is 10.1 Å². The minimum Gasteiger partial charge on any atom is -0.486 e. The molecule has 0 atom stereocenters. The number of hydrogen-bond donors (Lipinski definition) is 1. The van der Waals surface area contributed by atoms with Crippen LogP contribution < -0.4 is 10.1 Å². The monoisotopic (exact) mass is 289 g/mol. The number of anilines is 1. The maximum Gasteiger partial charge on any atom is 0.143 e. The van der Waals surface area contributed by atoms with E-state index in [0.29, 0.717) is 5.41 Å². The topological polar surface area (TPSA) is 21.3 Å². The van der Waals surface area contributed by atoms with Crippen molar-refractivity contribution in [1.82, 2.24) is 0 Å². The maximum absolute atomic E-state index is 6.15. The first-order valence-electron chi connectivity index (χ1n) is 8.06. The van der Waals surface area contributed by atoms with E-state index in [1.54, 1.807) is 0 Å². The number of rotatable bonds is 2. The van der Waals surface area contributed by atoms with Crippen molar-refractivity contribution < 1.29 is 4.74 Å². The molecule has 2 nitrogen and oxygen atoms in total. The fourth-order valence-electron chi connectivity index (χ4n) is 3.45. The lowest BCUT2D eigenvalue weighted by Gasteiger charge is -2.33. The Morgan fingerprint density at radius 2 is 1.81 bits per heavy atom. The highest BCUT2D eigenvalue weighted by Gasteiger charge is 2.29. The molecule has 0 amide bonds. The predicted molar refractivity (Wildman–Crippen MR) is 91.4 cm³/mol. The zero-order valence-electron chi connectivity index (χ0n) is 14.8. The summed E-state index contributed by atoms with van der Waals surface area (Å²) in [7, 11) is 0. The zero-order valence-corrected chi connectivity index (χ0v) is 14.8. The molecule has 0 saturated carbocycles. The average molecular weight is 289 g/mol. The van der Waals surface area contributed by atoms with Crippen LogP contribution in [0.3, 0.4) is 0 Å². The van der Waals surface area contributed by atoms with Gasteiger partial charge in [-0.3, -0.25) is 0 Å². The van der Waals surface area contributed by atoms with E-state index in [4.69, 9.17) is 4.74 Å². The van der Waals surface area contributed by atoms with Crippen molar-refractivity contribution in [2.24, 2.45) is 5.41 Å². The Kier molecular flexibility index (Phi) is 4.03. The van der Waals surface area contributed by atoms with Crippen LogP contribution >= 0.6 is 0 Å². The van der Waals surface area contributed by atoms with Gasteiger partial charge in [0.2, 0.25) is 0 Å². The van der Waals surface area contributed by atoms with Gasteiger partial charge in [0.25, 0.3) is 0 Å². The first-order valence-corrected chi connectivity index (χ1v) is 8.06. The molecule has 0 aliphatic carbocycles. The molecule has 1 aliphatic rings. The van der Waals surface area contributed by atoms with E-state index in [-0.39, 0.29) is 11.0 Å². The first-order chi connectivity index (χ1) is 9.49. The van der Waals surface area contributed by atoms with Crippen molar-refractivity contribution in [3.63, 3.8) is 0 Å². The van der Waals surface area contributed by atoms with Crippen molar-refractivity contribution in [2.75, 3.05) is 11.9 Å². The molecule has 2 heteroatoms. The van der Waals surface area contributed by atoms with Gasteiger partial charge >= 0.3 is 0 Å². The van der Waals surface area contributed by atoms with Crippen molar-refractivity contribution in [3.05, 3.63) is 23.8 Å². The number of fused-ring (bicyclic) bond motifs is 1. The fourth-order valence-corrected chi connectivity index (χ4v) is 3.45. The van der Waals surface area contributed by atoms with Gasteiger partial charge in [-0.1, -0.05) is 40.7 Å². The third-order valence-electron chi connectivity index (χ3n) is 4.16. The molecule has 0 aromatic heterocycles. The van der Waals surface area contributed by atoms with Gasteiger partial charge in [-0.15, -0.1) is 0 Å². The Bertz CT molecular complexity index is 509. The van der Waals surface area contributed by atoms with E-state index < -0.39 is 0 Å². The second-order valence-electron chi connectivity index (χ2n) is 8.87. The van der Waals surface area contributed by atoms with E-state index in [0.717, 1.165) is 30.8 Å². The minimum absolute atomic E-state index is 0.0965. The van der Waals surface area contributed by atoms with Crippen LogP contribution in [0, 0.1) is 5.41 Å². The molecule has 0 unspecified atom stereocenters. The van der Waals surface area contributed by atoms with Crippen LogP contribution in [0.25, 0.3) is 0 Å². The van der Waals surface area contributed by atoms with E-state index in [1.807, 2.05) is 0 Å². The van der Waals surface area contributed by atoms with Crippen LogP contribution in [0.4, 0.5) is 5.69 Å². The average Bonchev–Trinajstić information content (AvgIpc) is 2.41. The van der Waals surface area contributed by atoms with E-state index in [9.17, 15) is 0 Å². The highest BCUT2D eigenvalue weighted by atomic mass is 16.5. The molecule has 21 heavy (non-hydrogen) atoms. The number of ether oxygens (including phenoxy) is 1. The normalized spacial score (nSPS) is 18.2. The number of hydrogen-bond acceptors (Lipinski definition) is 2. The molecular weight excluding hydrogens is 258 g/mol. The van der Waals surface area contributed by atoms with Crippen LogP contribution in [-0.2, 0) is 5.41 Å². The molecule has 1 aromatic carbocycles. The summed E-state index contributed by atoms with van der Waals surface area (Å²) < 4.78 is 6.15. The largest absolute Gasteiger partial charge is 0.486 e. The Morgan fingerprint density at radius 3 is 2.43 bits per heavy atom. The molecular formula is C19H31NO. The van der Waals surface area contributed by atoms with Crippen molar-refractivity contribution >= 4 is 5.69 Å². The van der Waals surface area contributed by atoms with E-state index in [2.05, 4.69) is 72.0 Å². The summed E-state index contributed by atoms with van der Waals surface area (Å²) in [6.45, 7) is 16.9. The third kappa shape index (κ3) is 4.15. The molecule has 118 valence electrons. The van der Waals surface area contributed by atoms with Gasteiger partial charge in [0.15, 0.2) is 0 Å². The molecule has 0 spiro atoms. The molecule has 1 aliphatic heterocycles. The Balaban J connectivity index is 2.31. The fraction of sp³-hybridized carbons (Fsp3) is 0.684. The SMILES string of the molecule is CC(C)(C)CC(C)(C)c1ccc2c(c1)NCCC(C)(C)O2. The second-order valence-corrected chi connectivity index (χ2v) is 8.87. The summed E-state index contributed by atoms with van der Waals surface area (Å²) in [5.74, 6) is 0.979. The lowest BCUT2D eigenvalue weighted by Crippen LogP contribution is -2.28. The minimum atomic E-state index is -0.0965. The van der Waals surface area contributed by atoms with Crippen LogP contribution in [0.2, 0.25) is 0 Å². The highest BCUT2D eigenvalue weighted by Crippen LogP contribution is 2.40. The molecule has 1 heterocycles. The molecule has 0 saturated heterocycles. The highest BCUT2D eigenvalue weighted by molar-refractivity contribution is 5.60. The summed E-state index contributed by atoms with van der Waals surface area (Å²) in [5.41, 5.74) is 2.91. The quantitative estimate of drug-likeness (QED) is 0.790.